The number of hydrogen-bond acceptors (Lipinski definition) is 4. The zero-order valence-corrected chi connectivity index (χ0v) is 13.3. The average molecular weight is 315 g/mol. The summed E-state index contributed by atoms with van der Waals surface area (Å²) in [4.78, 5) is 11.8. The van der Waals surface area contributed by atoms with Crippen LogP contribution in [0.5, 0.6) is 11.5 Å². The number of amides is 1. The lowest BCUT2D eigenvalue weighted by Crippen LogP contribution is -2.48. The van der Waals surface area contributed by atoms with Gasteiger partial charge in [-0.1, -0.05) is 0 Å². The van der Waals surface area contributed by atoms with Crippen LogP contribution >= 0.6 is 12.4 Å². The normalized spacial score (nSPS) is 13.8. The van der Waals surface area contributed by atoms with Gasteiger partial charge >= 0.3 is 0 Å². The number of aryl methyl sites for hydroxylation is 1. The smallest absolute Gasteiger partial charge is 0.220 e. The molecule has 1 aliphatic rings. The number of hydrogen-bond donors (Lipinski definition) is 2. The molecule has 1 aromatic carbocycles. The fourth-order valence-corrected chi connectivity index (χ4v) is 2.16. The third-order valence-corrected chi connectivity index (χ3v) is 3.56. The lowest BCUT2D eigenvalue weighted by molar-refractivity contribution is -0.121. The second-order valence-corrected chi connectivity index (χ2v) is 5.01. The van der Waals surface area contributed by atoms with Crippen LogP contribution in [0.15, 0.2) is 18.2 Å². The van der Waals surface area contributed by atoms with E-state index in [9.17, 15) is 4.79 Å². The van der Waals surface area contributed by atoms with Crippen molar-refractivity contribution in [3.63, 3.8) is 0 Å². The molecule has 1 heterocycles. The predicted molar refractivity (Wildman–Crippen MR) is 84.5 cm³/mol. The molecule has 0 saturated carbocycles. The topological polar surface area (TPSA) is 59.6 Å². The van der Waals surface area contributed by atoms with Crippen LogP contribution in [-0.2, 0) is 11.2 Å². The van der Waals surface area contributed by atoms with E-state index in [1.54, 1.807) is 14.2 Å². The highest BCUT2D eigenvalue weighted by atomic mass is 35.5. The first-order valence-corrected chi connectivity index (χ1v) is 6.91. The number of methoxy groups -OCH3 is 2. The highest BCUT2D eigenvalue weighted by Gasteiger charge is 2.17. The number of rotatable bonds is 7. The van der Waals surface area contributed by atoms with Crippen LogP contribution in [0.4, 0.5) is 0 Å². The Bertz CT molecular complexity index is 464. The maximum Gasteiger partial charge on any atom is 0.220 e. The minimum atomic E-state index is 0. The average Bonchev–Trinajstić information content (AvgIpc) is 2.43. The standard InChI is InChI=1S/C15H22N2O3.ClH/c1-19-13-4-5-14(20-2)12(7-13)3-6-15(18)17-10-11-8-16-9-11;/h4-5,7,11,16H,3,6,8-10H2,1-2H3,(H,17,18);1H. The van der Waals surface area contributed by atoms with Gasteiger partial charge in [0.05, 0.1) is 14.2 Å². The molecule has 21 heavy (non-hydrogen) atoms. The van der Waals surface area contributed by atoms with E-state index in [1.807, 2.05) is 18.2 Å². The van der Waals surface area contributed by atoms with Crippen molar-refractivity contribution in [3.8, 4) is 11.5 Å². The number of ether oxygens (including phenoxy) is 2. The number of benzene rings is 1. The van der Waals surface area contributed by atoms with Crippen LogP contribution < -0.4 is 20.1 Å². The zero-order valence-electron chi connectivity index (χ0n) is 12.5. The van der Waals surface area contributed by atoms with E-state index in [0.29, 0.717) is 18.8 Å². The third-order valence-electron chi connectivity index (χ3n) is 3.56. The fraction of sp³-hybridized carbons (Fsp3) is 0.533. The Kier molecular flexibility index (Phi) is 7.32. The summed E-state index contributed by atoms with van der Waals surface area (Å²) in [5.41, 5.74) is 0.993. The van der Waals surface area contributed by atoms with Gasteiger partial charge in [0.1, 0.15) is 11.5 Å². The third kappa shape index (κ3) is 5.10. The van der Waals surface area contributed by atoms with Gasteiger partial charge in [-0.2, -0.15) is 0 Å². The van der Waals surface area contributed by atoms with E-state index in [4.69, 9.17) is 9.47 Å². The maximum absolute atomic E-state index is 11.8. The molecule has 0 aromatic heterocycles. The maximum atomic E-state index is 11.8. The van der Waals surface area contributed by atoms with Gasteiger partial charge in [-0.05, 0) is 30.2 Å². The van der Waals surface area contributed by atoms with Crippen LogP contribution in [0.1, 0.15) is 12.0 Å². The summed E-state index contributed by atoms with van der Waals surface area (Å²) >= 11 is 0. The van der Waals surface area contributed by atoms with Gasteiger partial charge in [-0.3, -0.25) is 4.79 Å². The van der Waals surface area contributed by atoms with Gasteiger partial charge < -0.3 is 20.1 Å². The van der Waals surface area contributed by atoms with Crippen molar-refractivity contribution in [1.29, 1.82) is 0 Å². The van der Waals surface area contributed by atoms with Gasteiger partial charge in [0.15, 0.2) is 0 Å². The first-order valence-electron chi connectivity index (χ1n) is 6.91. The van der Waals surface area contributed by atoms with Gasteiger partial charge in [0, 0.05) is 32.0 Å². The molecule has 1 amide bonds. The molecular weight excluding hydrogens is 292 g/mol. The van der Waals surface area contributed by atoms with Crippen molar-refractivity contribution in [2.24, 2.45) is 5.92 Å². The largest absolute Gasteiger partial charge is 0.497 e. The van der Waals surface area contributed by atoms with E-state index >= 15 is 0 Å². The van der Waals surface area contributed by atoms with Crippen LogP contribution in [0.3, 0.4) is 0 Å². The summed E-state index contributed by atoms with van der Waals surface area (Å²) in [6, 6.07) is 5.64. The van der Waals surface area contributed by atoms with Crippen LogP contribution in [0.25, 0.3) is 0 Å². The molecule has 0 atom stereocenters. The van der Waals surface area contributed by atoms with Gasteiger partial charge in [0.25, 0.3) is 0 Å². The molecule has 0 aliphatic carbocycles. The van der Waals surface area contributed by atoms with Crippen molar-refractivity contribution in [2.45, 2.75) is 12.8 Å². The van der Waals surface area contributed by atoms with E-state index in [2.05, 4.69) is 10.6 Å². The highest BCUT2D eigenvalue weighted by molar-refractivity contribution is 5.85. The fourth-order valence-electron chi connectivity index (χ4n) is 2.16. The molecule has 0 spiro atoms. The number of carbonyl (C=O) groups excluding carboxylic acids is 1. The summed E-state index contributed by atoms with van der Waals surface area (Å²) in [5.74, 6) is 2.25. The molecule has 118 valence electrons. The Morgan fingerprint density at radius 3 is 2.67 bits per heavy atom. The van der Waals surface area contributed by atoms with Crippen molar-refractivity contribution < 1.29 is 14.3 Å². The van der Waals surface area contributed by atoms with Gasteiger partial charge in [0.2, 0.25) is 5.91 Å². The molecule has 1 saturated heterocycles. The first kappa shape index (κ1) is 17.6. The molecule has 0 bridgehead atoms. The first-order chi connectivity index (χ1) is 9.72. The van der Waals surface area contributed by atoms with E-state index in [-0.39, 0.29) is 18.3 Å². The van der Waals surface area contributed by atoms with Crippen molar-refractivity contribution in [1.82, 2.24) is 10.6 Å². The van der Waals surface area contributed by atoms with Crippen LogP contribution in [0, 0.1) is 5.92 Å². The second kappa shape index (κ2) is 8.74. The number of halogens is 1. The summed E-state index contributed by atoms with van der Waals surface area (Å²) in [6.07, 6.45) is 1.11. The predicted octanol–water partition coefficient (Wildman–Crippen LogP) is 1.39. The monoisotopic (exact) mass is 314 g/mol. The number of carbonyl (C=O) groups is 1. The van der Waals surface area contributed by atoms with Crippen molar-refractivity contribution in [3.05, 3.63) is 23.8 Å². The molecule has 0 unspecified atom stereocenters. The summed E-state index contributed by atoms with van der Waals surface area (Å²) in [5, 5.41) is 6.16. The number of nitrogens with one attached hydrogen (secondary N) is 2. The van der Waals surface area contributed by atoms with E-state index in [0.717, 1.165) is 36.7 Å². The highest BCUT2D eigenvalue weighted by Crippen LogP contribution is 2.25. The second-order valence-electron chi connectivity index (χ2n) is 5.01. The molecule has 0 radical (unpaired) electrons. The zero-order chi connectivity index (χ0) is 14.4. The van der Waals surface area contributed by atoms with Gasteiger partial charge in [-0.15, -0.1) is 12.4 Å². The summed E-state index contributed by atoms with van der Waals surface area (Å²) in [7, 11) is 3.26. The minimum absolute atomic E-state index is 0. The molecular formula is C15H23ClN2O3. The van der Waals surface area contributed by atoms with Crippen molar-refractivity contribution >= 4 is 18.3 Å². The van der Waals surface area contributed by atoms with Crippen molar-refractivity contribution in [2.75, 3.05) is 33.9 Å². The molecule has 1 aromatic rings. The Morgan fingerprint density at radius 1 is 1.33 bits per heavy atom. The van der Waals surface area contributed by atoms with Crippen LogP contribution in [0.2, 0.25) is 0 Å². The minimum Gasteiger partial charge on any atom is -0.497 e. The molecule has 1 aliphatic heterocycles. The lowest BCUT2D eigenvalue weighted by Gasteiger charge is -2.27. The Balaban J connectivity index is 0.00000220. The summed E-state index contributed by atoms with van der Waals surface area (Å²) in [6.45, 7) is 2.77. The Morgan fingerprint density at radius 2 is 2.10 bits per heavy atom. The molecule has 5 nitrogen and oxygen atoms in total. The quantitative estimate of drug-likeness (QED) is 0.798. The molecule has 2 N–H and O–H groups in total. The van der Waals surface area contributed by atoms with Gasteiger partial charge in [-0.25, -0.2) is 0 Å². The van der Waals surface area contributed by atoms with Crippen LogP contribution in [-0.4, -0.2) is 39.8 Å². The van der Waals surface area contributed by atoms with E-state index in [1.165, 1.54) is 0 Å². The molecule has 6 heteroatoms. The summed E-state index contributed by atoms with van der Waals surface area (Å²) < 4.78 is 10.5. The SMILES string of the molecule is COc1ccc(OC)c(CCC(=O)NCC2CNC2)c1.Cl. The molecule has 2 rings (SSSR count). The van der Waals surface area contributed by atoms with E-state index < -0.39 is 0 Å². The lowest BCUT2D eigenvalue weighted by atomic mass is 10.0. The molecule has 1 fully saturated rings. The Hall–Kier alpha value is -1.46. The Labute approximate surface area is 131 Å².